The van der Waals surface area contributed by atoms with E-state index in [0.29, 0.717) is 26.2 Å². The van der Waals surface area contributed by atoms with E-state index in [9.17, 15) is 4.79 Å². The fourth-order valence-corrected chi connectivity index (χ4v) is 2.27. The Hall–Kier alpha value is -2.15. The lowest BCUT2D eigenvalue weighted by Crippen LogP contribution is -2.47. The predicted molar refractivity (Wildman–Crippen MR) is 70.9 cm³/mol. The molecular formula is C13H17N5O2. The monoisotopic (exact) mass is 275 g/mol. The molecule has 7 heteroatoms. The fourth-order valence-electron chi connectivity index (χ4n) is 2.27. The van der Waals surface area contributed by atoms with Crippen molar-refractivity contribution in [1.82, 2.24) is 25.2 Å². The summed E-state index contributed by atoms with van der Waals surface area (Å²) in [5.74, 6) is 1.81. The van der Waals surface area contributed by atoms with Crippen LogP contribution in [0.25, 0.3) is 0 Å². The summed E-state index contributed by atoms with van der Waals surface area (Å²) in [4.78, 5) is 13.4. The number of carbonyl (C=O) groups excluding carboxylic acids is 1. The van der Waals surface area contributed by atoms with E-state index < -0.39 is 0 Å². The van der Waals surface area contributed by atoms with Crippen LogP contribution >= 0.6 is 0 Å². The molecule has 3 rings (SSSR count). The average Bonchev–Trinajstić information content (AvgIpc) is 3.00. The molecule has 106 valence electrons. The highest BCUT2D eigenvalue weighted by Crippen LogP contribution is 2.08. The standard InChI is InChI=1S/C13H17N5O2/c1-10-2-3-12(20-10)8-18-7-11(15-16-18)6-17-5-4-14-13(19)9-17/h2-3,7H,4-6,8-9H2,1H3,(H,14,19). The molecule has 2 aromatic rings. The molecule has 0 atom stereocenters. The minimum absolute atomic E-state index is 0.0645. The van der Waals surface area contributed by atoms with Crippen molar-refractivity contribution in [2.24, 2.45) is 0 Å². The number of hydrogen-bond acceptors (Lipinski definition) is 5. The molecule has 0 bridgehead atoms. The van der Waals surface area contributed by atoms with Crippen LogP contribution < -0.4 is 5.32 Å². The van der Waals surface area contributed by atoms with Crippen LogP contribution in [0.3, 0.4) is 0 Å². The van der Waals surface area contributed by atoms with Crippen LogP contribution in [0.2, 0.25) is 0 Å². The average molecular weight is 275 g/mol. The molecule has 7 nitrogen and oxygen atoms in total. The third kappa shape index (κ3) is 3.05. The second-order valence-electron chi connectivity index (χ2n) is 4.98. The Morgan fingerprint density at radius 3 is 3.05 bits per heavy atom. The van der Waals surface area contributed by atoms with E-state index in [4.69, 9.17) is 4.42 Å². The maximum Gasteiger partial charge on any atom is 0.234 e. The van der Waals surface area contributed by atoms with Crippen molar-refractivity contribution in [3.8, 4) is 0 Å². The summed E-state index contributed by atoms with van der Waals surface area (Å²) < 4.78 is 7.26. The first-order chi connectivity index (χ1) is 9.69. The van der Waals surface area contributed by atoms with Crippen LogP contribution in [-0.4, -0.2) is 45.4 Å². The molecule has 0 aromatic carbocycles. The molecule has 1 fully saturated rings. The highest BCUT2D eigenvalue weighted by molar-refractivity contribution is 5.78. The number of aryl methyl sites for hydroxylation is 1. The summed E-state index contributed by atoms with van der Waals surface area (Å²) in [5, 5.41) is 11.0. The van der Waals surface area contributed by atoms with Gasteiger partial charge in [0.15, 0.2) is 0 Å². The van der Waals surface area contributed by atoms with Crippen LogP contribution in [0.5, 0.6) is 0 Å². The molecular weight excluding hydrogens is 258 g/mol. The van der Waals surface area contributed by atoms with Crippen molar-refractivity contribution < 1.29 is 9.21 Å². The minimum atomic E-state index is 0.0645. The Kier molecular flexibility index (Phi) is 3.51. The maximum absolute atomic E-state index is 11.3. The molecule has 0 radical (unpaired) electrons. The number of aromatic nitrogens is 3. The zero-order valence-corrected chi connectivity index (χ0v) is 11.4. The number of nitrogens with zero attached hydrogens (tertiary/aromatic N) is 4. The van der Waals surface area contributed by atoms with Gasteiger partial charge in [-0.25, -0.2) is 4.68 Å². The molecule has 1 saturated heterocycles. The van der Waals surface area contributed by atoms with Crippen molar-refractivity contribution in [3.63, 3.8) is 0 Å². The predicted octanol–water partition coefficient (Wildman–Crippen LogP) is 0.160. The van der Waals surface area contributed by atoms with Gasteiger partial charge in [0.05, 0.1) is 18.4 Å². The van der Waals surface area contributed by atoms with E-state index >= 15 is 0 Å². The summed E-state index contributed by atoms with van der Waals surface area (Å²) in [6, 6.07) is 3.87. The van der Waals surface area contributed by atoms with Crippen molar-refractivity contribution >= 4 is 5.91 Å². The molecule has 3 heterocycles. The molecule has 0 spiro atoms. The number of piperazine rings is 1. The third-order valence-electron chi connectivity index (χ3n) is 3.20. The van der Waals surface area contributed by atoms with E-state index in [1.165, 1.54) is 0 Å². The Labute approximate surface area is 116 Å². The van der Waals surface area contributed by atoms with E-state index in [2.05, 4.69) is 20.5 Å². The summed E-state index contributed by atoms with van der Waals surface area (Å²) in [6.07, 6.45) is 1.89. The molecule has 0 saturated carbocycles. The topological polar surface area (TPSA) is 76.2 Å². The molecule has 2 aromatic heterocycles. The van der Waals surface area contributed by atoms with Gasteiger partial charge in [-0.15, -0.1) is 5.10 Å². The normalized spacial score (nSPS) is 16.4. The summed E-state index contributed by atoms with van der Waals surface area (Å²) in [6.45, 7) is 5.09. The summed E-state index contributed by atoms with van der Waals surface area (Å²) >= 11 is 0. The van der Waals surface area contributed by atoms with Crippen molar-refractivity contribution in [1.29, 1.82) is 0 Å². The lowest BCUT2D eigenvalue weighted by Gasteiger charge is -2.25. The van der Waals surface area contributed by atoms with Gasteiger partial charge in [0.1, 0.15) is 18.1 Å². The number of rotatable bonds is 4. The van der Waals surface area contributed by atoms with Gasteiger partial charge in [0, 0.05) is 19.6 Å². The van der Waals surface area contributed by atoms with Crippen molar-refractivity contribution in [3.05, 3.63) is 35.5 Å². The molecule has 1 aliphatic rings. The highest BCUT2D eigenvalue weighted by Gasteiger charge is 2.17. The Bertz CT molecular complexity index is 603. The molecule has 1 aliphatic heterocycles. The largest absolute Gasteiger partial charge is 0.464 e. The van der Waals surface area contributed by atoms with Gasteiger partial charge in [0.25, 0.3) is 0 Å². The Morgan fingerprint density at radius 1 is 1.40 bits per heavy atom. The first-order valence-corrected chi connectivity index (χ1v) is 6.62. The first kappa shape index (κ1) is 12.9. The van der Waals surface area contributed by atoms with Gasteiger partial charge in [0.2, 0.25) is 5.91 Å². The SMILES string of the molecule is Cc1ccc(Cn2cc(CN3CCNC(=O)C3)nn2)o1. The van der Waals surface area contributed by atoms with Crippen molar-refractivity contribution in [2.45, 2.75) is 20.0 Å². The number of hydrogen-bond donors (Lipinski definition) is 1. The van der Waals surface area contributed by atoms with Gasteiger partial charge < -0.3 is 9.73 Å². The second-order valence-corrected chi connectivity index (χ2v) is 4.98. The van der Waals surface area contributed by atoms with Gasteiger partial charge in [-0.1, -0.05) is 5.21 Å². The smallest absolute Gasteiger partial charge is 0.234 e. The zero-order chi connectivity index (χ0) is 13.9. The van der Waals surface area contributed by atoms with E-state index in [1.54, 1.807) is 4.68 Å². The van der Waals surface area contributed by atoms with Gasteiger partial charge in [-0.05, 0) is 19.1 Å². The number of furan rings is 1. The highest BCUT2D eigenvalue weighted by atomic mass is 16.3. The second kappa shape index (κ2) is 5.46. The van der Waals surface area contributed by atoms with Crippen molar-refractivity contribution in [2.75, 3.05) is 19.6 Å². The lowest BCUT2D eigenvalue weighted by atomic mass is 10.3. The minimum Gasteiger partial charge on any atom is -0.464 e. The summed E-state index contributed by atoms with van der Waals surface area (Å²) in [5.41, 5.74) is 0.864. The lowest BCUT2D eigenvalue weighted by molar-refractivity contribution is -0.124. The summed E-state index contributed by atoms with van der Waals surface area (Å²) in [7, 11) is 0. The van der Waals surface area contributed by atoms with E-state index in [1.807, 2.05) is 25.3 Å². The maximum atomic E-state index is 11.3. The van der Waals surface area contributed by atoms with E-state index in [0.717, 1.165) is 23.8 Å². The van der Waals surface area contributed by atoms with Crippen LogP contribution in [0.1, 0.15) is 17.2 Å². The Balaban J connectivity index is 1.60. The van der Waals surface area contributed by atoms with Gasteiger partial charge in [-0.3, -0.25) is 9.69 Å². The first-order valence-electron chi connectivity index (χ1n) is 6.62. The number of nitrogens with one attached hydrogen (secondary N) is 1. The molecule has 0 unspecified atom stereocenters. The van der Waals surface area contributed by atoms with Gasteiger partial charge >= 0.3 is 0 Å². The zero-order valence-electron chi connectivity index (χ0n) is 11.4. The number of amides is 1. The number of carbonyl (C=O) groups is 1. The quantitative estimate of drug-likeness (QED) is 0.860. The van der Waals surface area contributed by atoms with Crippen LogP contribution in [0.15, 0.2) is 22.7 Å². The van der Waals surface area contributed by atoms with Gasteiger partial charge in [-0.2, -0.15) is 0 Å². The molecule has 1 N–H and O–H groups in total. The molecule has 20 heavy (non-hydrogen) atoms. The molecule has 0 aliphatic carbocycles. The van der Waals surface area contributed by atoms with Crippen LogP contribution in [0, 0.1) is 6.92 Å². The van der Waals surface area contributed by atoms with Crippen LogP contribution in [0.4, 0.5) is 0 Å². The van der Waals surface area contributed by atoms with Crippen LogP contribution in [-0.2, 0) is 17.9 Å². The van der Waals surface area contributed by atoms with E-state index in [-0.39, 0.29) is 5.91 Å². The Morgan fingerprint density at radius 2 is 2.30 bits per heavy atom. The molecule has 1 amide bonds. The third-order valence-corrected chi connectivity index (χ3v) is 3.20. The fraction of sp³-hybridized carbons (Fsp3) is 0.462.